The Morgan fingerprint density at radius 1 is 1.26 bits per heavy atom. The number of ether oxygens (including phenoxy) is 2. The molecule has 0 saturated heterocycles. The Labute approximate surface area is 142 Å². The Hall–Kier alpha value is -1.66. The summed E-state index contributed by atoms with van der Waals surface area (Å²) in [6.45, 7) is 10.8. The van der Waals surface area contributed by atoms with E-state index in [0.717, 1.165) is 17.1 Å². The summed E-state index contributed by atoms with van der Waals surface area (Å²) >= 11 is 5.37. The molecule has 5 nitrogen and oxygen atoms in total. The van der Waals surface area contributed by atoms with Crippen molar-refractivity contribution in [2.24, 2.45) is 0 Å². The summed E-state index contributed by atoms with van der Waals surface area (Å²) < 4.78 is 13.5. The molecule has 1 heterocycles. The van der Waals surface area contributed by atoms with Gasteiger partial charge < -0.3 is 9.47 Å². The number of nitrogens with zero attached hydrogens (tertiary/aromatic N) is 2. The molecule has 0 bridgehead atoms. The van der Waals surface area contributed by atoms with Crippen LogP contribution in [0.4, 0.5) is 0 Å². The van der Waals surface area contributed by atoms with Gasteiger partial charge in [-0.05, 0) is 62.2 Å². The zero-order valence-electron chi connectivity index (χ0n) is 14.6. The molecule has 0 aliphatic rings. The summed E-state index contributed by atoms with van der Waals surface area (Å²) in [5, 5.41) is 7.32. The van der Waals surface area contributed by atoms with Gasteiger partial charge in [0.15, 0.2) is 17.4 Å². The fourth-order valence-electron chi connectivity index (χ4n) is 2.71. The van der Waals surface area contributed by atoms with Gasteiger partial charge in [0.2, 0.25) is 0 Å². The van der Waals surface area contributed by atoms with E-state index < -0.39 is 0 Å². The van der Waals surface area contributed by atoms with E-state index in [9.17, 15) is 0 Å². The van der Waals surface area contributed by atoms with Gasteiger partial charge in [-0.25, -0.2) is 0 Å². The van der Waals surface area contributed by atoms with Gasteiger partial charge in [0.25, 0.3) is 0 Å². The SMILES string of the molecule is COCOc1cc(C)c(C(C)C)cc1-c1n[nH]c(=S)n1C(C)C. The van der Waals surface area contributed by atoms with Crippen LogP contribution in [0.2, 0.25) is 0 Å². The van der Waals surface area contributed by atoms with Gasteiger partial charge in [0, 0.05) is 13.2 Å². The predicted octanol–water partition coefficient (Wildman–Crippen LogP) is 4.60. The van der Waals surface area contributed by atoms with Gasteiger partial charge in [-0.2, -0.15) is 5.10 Å². The highest BCUT2D eigenvalue weighted by Gasteiger charge is 2.19. The third kappa shape index (κ3) is 3.64. The first-order valence-corrected chi connectivity index (χ1v) is 8.21. The molecule has 0 aliphatic heterocycles. The van der Waals surface area contributed by atoms with Crippen molar-refractivity contribution < 1.29 is 9.47 Å². The van der Waals surface area contributed by atoms with Crippen LogP contribution in [0.3, 0.4) is 0 Å². The van der Waals surface area contributed by atoms with E-state index in [2.05, 4.69) is 50.9 Å². The number of methoxy groups -OCH3 is 1. The van der Waals surface area contributed by atoms with Crippen LogP contribution in [0, 0.1) is 11.7 Å². The number of aryl methyl sites for hydroxylation is 1. The molecule has 2 rings (SSSR count). The molecule has 0 spiro atoms. The van der Waals surface area contributed by atoms with Gasteiger partial charge in [-0.15, -0.1) is 0 Å². The third-order valence-electron chi connectivity index (χ3n) is 3.78. The molecule has 0 fully saturated rings. The second-order valence-electron chi connectivity index (χ2n) is 6.23. The highest BCUT2D eigenvalue weighted by Crippen LogP contribution is 2.35. The molecule has 0 atom stereocenters. The number of hydrogen-bond acceptors (Lipinski definition) is 4. The fourth-order valence-corrected chi connectivity index (χ4v) is 3.05. The third-order valence-corrected chi connectivity index (χ3v) is 4.07. The maximum Gasteiger partial charge on any atom is 0.195 e. The van der Waals surface area contributed by atoms with Crippen LogP contribution in [0.15, 0.2) is 12.1 Å². The summed E-state index contributed by atoms with van der Waals surface area (Å²) in [6.07, 6.45) is 0. The van der Waals surface area contributed by atoms with E-state index in [1.165, 1.54) is 11.1 Å². The van der Waals surface area contributed by atoms with E-state index in [4.69, 9.17) is 21.7 Å². The van der Waals surface area contributed by atoms with Crippen LogP contribution in [-0.2, 0) is 4.74 Å². The van der Waals surface area contributed by atoms with Crippen LogP contribution in [0.5, 0.6) is 5.75 Å². The first-order valence-electron chi connectivity index (χ1n) is 7.80. The summed E-state index contributed by atoms with van der Waals surface area (Å²) in [6, 6.07) is 4.40. The summed E-state index contributed by atoms with van der Waals surface area (Å²) in [5.41, 5.74) is 3.39. The minimum atomic E-state index is 0.195. The van der Waals surface area contributed by atoms with Crippen LogP contribution < -0.4 is 4.74 Å². The lowest BCUT2D eigenvalue weighted by Gasteiger charge is -2.18. The molecule has 0 amide bonds. The molecule has 1 aromatic carbocycles. The van der Waals surface area contributed by atoms with E-state index >= 15 is 0 Å². The van der Waals surface area contributed by atoms with Crippen LogP contribution in [0.1, 0.15) is 50.8 Å². The average molecular weight is 335 g/mol. The van der Waals surface area contributed by atoms with Gasteiger partial charge in [-0.3, -0.25) is 9.67 Å². The molecule has 1 N–H and O–H groups in total. The lowest BCUT2D eigenvalue weighted by molar-refractivity contribution is 0.0514. The van der Waals surface area contributed by atoms with Crippen molar-refractivity contribution in [1.82, 2.24) is 14.8 Å². The number of nitrogens with one attached hydrogen (secondary N) is 1. The Morgan fingerprint density at radius 2 is 1.96 bits per heavy atom. The van der Waals surface area contributed by atoms with Crippen molar-refractivity contribution in [2.75, 3.05) is 13.9 Å². The number of benzene rings is 1. The van der Waals surface area contributed by atoms with Crippen molar-refractivity contribution in [3.05, 3.63) is 28.0 Å². The Morgan fingerprint density at radius 3 is 2.52 bits per heavy atom. The lowest BCUT2D eigenvalue weighted by atomic mass is 9.95. The molecule has 1 aromatic heterocycles. The zero-order chi connectivity index (χ0) is 17.1. The normalized spacial score (nSPS) is 11.5. The second kappa shape index (κ2) is 7.27. The maximum atomic E-state index is 5.78. The van der Waals surface area contributed by atoms with Gasteiger partial charge >= 0.3 is 0 Å². The van der Waals surface area contributed by atoms with Crippen LogP contribution in [-0.4, -0.2) is 28.7 Å². The number of H-pyrrole nitrogens is 1. The Bertz CT molecular complexity index is 732. The van der Waals surface area contributed by atoms with Crippen molar-refractivity contribution >= 4 is 12.2 Å². The number of aromatic amines is 1. The van der Waals surface area contributed by atoms with Crippen molar-refractivity contribution in [3.63, 3.8) is 0 Å². The molecule has 0 saturated carbocycles. The standard InChI is InChI=1S/C17H25N3O2S/c1-10(2)13-8-14(15(7-12(13)5)22-9-21-6)16-18-19-17(23)20(16)11(3)4/h7-8,10-11H,9H2,1-6H3,(H,19,23). The molecule has 126 valence electrons. The summed E-state index contributed by atoms with van der Waals surface area (Å²) in [5.74, 6) is 1.96. The van der Waals surface area contributed by atoms with Crippen molar-refractivity contribution in [1.29, 1.82) is 0 Å². The van der Waals surface area contributed by atoms with E-state index in [0.29, 0.717) is 10.7 Å². The molecular weight excluding hydrogens is 310 g/mol. The molecule has 0 unspecified atom stereocenters. The van der Waals surface area contributed by atoms with E-state index in [-0.39, 0.29) is 12.8 Å². The highest BCUT2D eigenvalue weighted by atomic mass is 32.1. The van der Waals surface area contributed by atoms with Gasteiger partial charge in [0.1, 0.15) is 5.75 Å². The van der Waals surface area contributed by atoms with E-state index in [1.807, 2.05) is 10.6 Å². The highest BCUT2D eigenvalue weighted by molar-refractivity contribution is 7.71. The lowest BCUT2D eigenvalue weighted by Crippen LogP contribution is -2.07. The zero-order valence-corrected chi connectivity index (χ0v) is 15.5. The summed E-state index contributed by atoms with van der Waals surface area (Å²) in [7, 11) is 1.61. The monoisotopic (exact) mass is 335 g/mol. The molecule has 2 aromatic rings. The molecule has 6 heteroatoms. The topological polar surface area (TPSA) is 52.1 Å². The molecular formula is C17H25N3O2S. The van der Waals surface area contributed by atoms with Crippen LogP contribution >= 0.6 is 12.2 Å². The minimum Gasteiger partial charge on any atom is -0.467 e. The molecule has 0 aliphatic carbocycles. The number of hydrogen-bond donors (Lipinski definition) is 1. The summed E-state index contributed by atoms with van der Waals surface area (Å²) in [4.78, 5) is 0. The van der Waals surface area contributed by atoms with Gasteiger partial charge in [0.05, 0.1) is 5.56 Å². The Kier molecular flexibility index (Phi) is 5.59. The largest absolute Gasteiger partial charge is 0.467 e. The van der Waals surface area contributed by atoms with Crippen LogP contribution in [0.25, 0.3) is 11.4 Å². The predicted molar refractivity (Wildman–Crippen MR) is 94.6 cm³/mol. The van der Waals surface area contributed by atoms with Gasteiger partial charge in [-0.1, -0.05) is 13.8 Å². The molecule has 0 radical (unpaired) electrons. The first kappa shape index (κ1) is 17.7. The smallest absolute Gasteiger partial charge is 0.195 e. The second-order valence-corrected chi connectivity index (χ2v) is 6.61. The van der Waals surface area contributed by atoms with E-state index in [1.54, 1.807) is 7.11 Å². The Balaban J connectivity index is 2.68. The molecule has 23 heavy (non-hydrogen) atoms. The van der Waals surface area contributed by atoms with Crippen molar-refractivity contribution in [2.45, 2.75) is 46.6 Å². The maximum absolute atomic E-state index is 5.78. The number of aromatic nitrogens is 3. The first-order chi connectivity index (χ1) is 10.9. The van der Waals surface area contributed by atoms with Crippen molar-refractivity contribution in [3.8, 4) is 17.1 Å². The number of rotatable bonds is 6. The fraction of sp³-hybridized carbons (Fsp3) is 0.529. The quantitative estimate of drug-likeness (QED) is 0.619. The average Bonchev–Trinajstić information content (AvgIpc) is 2.86. The minimum absolute atomic E-state index is 0.195.